The van der Waals surface area contributed by atoms with Crippen molar-refractivity contribution in [3.05, 3.63) is 29.6 Å². The SMILES string of the molecule is CSC1CCCCC1n1c(CCl)nc2cc(C)ccc21. The van der Waals surface area contributed by atoms with Crippen LogP contribution >= 0.6 is 23.4 Å². The Balaban J connectivity index is 2.13. The third kappa shape index (κ3) is 2.46. The fraction of sp³-hybridized carbons (Fsp3) is 0.562. The quantitative estimate of drug-likeness (QED) is 0.748. The molecular formula is C16H21ClN2S. The van der Waals surface area contributed by atoms with E-state index in [1.165, 1.54) is 36.8 Å². The fourth-order valence-corrected chi connectivity index (χ4v) is 4.53. The van der Waals surface area contributed by atoms with Crippen LogP contribution in [0.1, 0.15) is 43.1 Å². The number of rotatable bonds is 3. The topological polar surface area (TPSA) is 17.8 Å². The maximum absolute atomic E-state index is 6.16. The van der Waals surface area contributed by atoms with Crippen LogP contribution in [0.4, 0.5) is 0 Å². The number of aromatic nitrogens is 2. The van der Waals surface area contributed by atoms with Crippen LogP contribution < -0.4 is 0 Å². The van der Waals surface area contributed by atoms with Gasteiger partial charge in [-0.15, -0.1) is 11.6 Å². The van der Waals surface area contributed by atoms with E-state index in [0.29, 0.717) is 17.2 Å². The van der Waals surface area contributed by atoms with Gasteiger partial charge in [-0.3, -0.25) is 0 Å². The number of aryl methyl sites for hydroxylation is 1. The molecule has 0 spiro atoms. The molecule has 108 valence electrons. The van der Waals surface area contributed by atoms with E-state index >= 15 is 0 Å². The van der Waals surface area contributed by atoms with Crippen LogP contribution in [0.3, 0.4) is 0 Å². The lowest BCUT2D eigenvalue weighted by Gasteiger charge is -2.32. The second kappa shape index (κ2) is 5.98. The molecule has 0 saturated heterocycles. The first kappa shape index (κ1) is 14.3. The zero-order valence-electron chi connectivity index (χ0n) is 12.1. The Morgan fingerprint density at radius 3 is 2.90 bits per heavy atom. The van der Waals surface area contributed by atoms with Crippen LogP contribution in [0.2, 0.25) is 0 Å². The Morgan fingerprint density at radius 2 is 2.15 bits per heavy atom. The van der Waals surface area contributed by atoms with Gasteiger partial charge in [-0.25, -0.2) is 4.98 Å². The molecule has 0 bridgehead atoms. The molecule has 0 aliphatic heterocycles. The normalized spacial score (nSPS) is 23.4. The molecular weight excluding hydrogens is 288 g/mol. The summed E-state index contributed by atoms with van der Waals surface area (Å²) in [7, 11) is 0. The van der Waals surface area contributed by atoms with Gasteiger partial charge >= 0.3 is 0 Å². The summed E-state index contributed by atoms with van der Waals surface area (Å²) in [4.78, 5) is 4.76. The maximum atomic E-state index is 6.16. The summed E-state index contributed by atoms with van der Waals surface area (Å²) in [5.41, 5.74) is 3.59. The van der Waals surface area contributed by atoms with Crippen molar-refractivity contribution in [2.45, 2.75) is 49.8 Å². The van der Waals surface area contributed by atoms with Gasteiger partial charge in [0.2, 0.25) is 0 Å². The van der Waals surface area contributed by atoms with Gasteiger partial charge in [0, 0.05) is 11.3 Å². The second-order valence-corrected chi connectivity index (χ2v) is 6.99. The van der Waals surface area contributed by atoms with Crippen molar-refractivity contribution in [1.29, 1.82) is 0 Å². The Labute approximate surface area is 129 Å². The third-order valence-electron chi connectivity index (χ3n) is 4.34. The molecule has 1 heterocycles. The molecule has 4 heteroatoms. The molecule has 20 heavy (non-hydrogen) atoms. The van der Waals surface area contributed by atoms with Gasteiger partial charge in [-0.1, -0.05) is 18.9 Å². The van der Waals surface area contributed by atoms with Crippen LogP contribution in [0, 0.1) is 6.92 Å². The molecule has 1 aliphatic carbocycles. The molecule has 2 nitrogen and oxygen atoms in total. The molecule has 1 aromatic heterocycles. The number of imidazole rings is 1. The number of nitrogens with zero attached hydrogens (tertiary/aromatic N) is 2. The summed E-state index contributed by atoms with van der Waals surface area (Å²) in [6, 6.07) is 7.09. The lowest BCUT2D eigenvalue weighted by atomic mass is 9.94. The molecule has 2 unspecified atom stereocenters. The number of hydrogen-bond donors (Lipinski definition) is 0. The molecule has 0 N–H and O–H groups in total. The lowest BCUT2D eigenvalue weighted by molar-refractivity contribution is 0.366. The Morgan fingerprint density at radius 1 is 1.35 bits per heavy atom. The van der Waals surface area contributed by atoms with Gasteiger partial charge in [0.05, 0.1) is 16.9 Å². The highest BCUT2D eigenvalue weighted by molar-refractivity contribution is 7.99. The largest absolute Gasteiger partial charge is 0.323 e. The van der Waals surface area contributed by atoms with Crippen molar-refractivity contribution in [3.63, 3.8) is 0 Å². The number of halogens is 1. The summed E-state index contributed by atoms with van der Waals surface area (Å²) >= 11 is 8.15. The van der Waals surface area contributed by atoms with E-state index in [9.17, 15) is 0 Å². The van der Waals surface area contributed by atoms with Crippen molar-refractivity contribution in [2.24, 2.45) is 0 Å². The molecule has 2 atom stereocenters. The highest BCUT2D eigenvalue weighted by Crippen LogP contribution is 2.38. The first-order valence-electron chi connectivity index (χ1n) is 7.31. The van der Waals surface area contributed by atoms with E-state index in [0.717, 1.165) is 11.3 Å². The average molecular weight is 309 g/mol. The van der Waals surface area contributed by atoms with Gasteiger partial charge in [0.25, 0.3) is 0 Å². The minimum Gasteiger partial charge on any atom is -0.323 e. The van der Waals surface area contributed by atoms with E-state index in [1.807, 2.05) is 11.8 Å². The van der Waals surface area contributed by atoms with Crippen molar-refractivity contribution in [2.75, 3.05) is 6.26 Å². The first-order valence-corrected chi connectivity index (χ1v) is 9.13. The highest BCUT2D eigenvalue weighted by atomic mass is 35.5. The number of fused-ring (bicyclic) bond motifs is 1. The van der Waals surface area contributed by atoms with E-state index in [2.05, 4.69) is 35.9 Å². The molecule has 0 amide bonds. The summed E-state index contributed by atoms with van der Waals surface area (Å²) in [6.07, 6.45) is 7.44. The van der Waals surface area contributed by atoms with Gasteiger partial charge in [-0.2, -0.15) is 11.8 Å². The van der Waals surface area contributed by atoms with Gasteiger partial charge < -0.3 is 4.57 Å². The zero-order chi connectivity index (χ0) is 14.1. The molecule has 2 aromatic rings. The maximum Gasteiger partial charge on any atom is 0.125 e. The van der Waals surface area contributed by atoms with Crippen LogP contribution in [-0.2, 0) is 5.88 Å². The number of hydrogen-bond acceptors (Lipinski definition) is 2. The average Bonchev–Trinajstić information content (AvgIpc) is 2.84. The Kier molecular flexibility index (Phi) is 4.27. The summed E-state index contributed by atoms with van der Waals surface area (Å²) in [5.74, 6) is 1.52. The van der Waals surface area contributed by atoms with Crippen LogP contribution in [0.15, 0.2) is 18.2 Å². The van der Waals surface area contributed by atoms with Gasteiger partial charge in [-0.05, 0) is 43.7 Å². The second-order valence-electron chi connectivity index (χ2n) is 5.65. The smallest absolute Gasteiger partial charge is 0.125 e. The monoisotopic (exact) mass is 308 g/mol. The van der Waals surface area contributed by atoms with Crippen molar-refractivity contribution in [3.8, 4) is 0 Å². The number of benzene rings is 1. The van der Waals surface area contributed by atoms with Crippen LogP contribution in [0.25, 0.3) is 11.0 Å². The molecule has 1 fully saturated rings. The number of alkyl halides is 1. The molecule has 0 radical (unpaired) electrons. The van der Waals surface area contributed by atoms with E-state index in [1.54, 1.807) is 0 Å². The van der Waals surface area contributed by atoms with Crippen molar-refractivity contribution in [1.82, 2.24) is 9.55 Å². The zero-order valence-corrected chi connectivity index (χ0v) is 13.7. The summed E-state index contributed by atoms with van der Waals surface area (Å²) in [5, 5.41) is 0.685. The molecule has 3 rings (SSSR count). The predicted octanol–water partition coefficient (Wildman–Crippen LogP) is 4.93. The fourth-order valence-electron chi connectivity index (χ4n) is 3.37. The summed E-state index contributed by atoms with van der Waals surface area (Å²) < 4.78 is 2.42. The Hall–Kier alpha value is -0.670. The minimum atomic E-state index is 0.491. The lowest BCUT2D eigenvalue weighted by Crippen LogP contribution is -2.26. The first-order chi connectivity index (χ1) is 9.74. The standard InChI is InChI=1S/C16H21ClN2S/c1-11-7-8-13-12(9-11)18-16(10-17)19(13)14-5-3-4-6-15(14)20-2/h7-9,14-15H,3-6,10H2,1-2H3. The molecule has 1 aromatic carbocycles. The number of thioether (sulfide) groups is 1. The minimum absolute atomic E-state index is 0.491. The highest BCUT2D eigenvalue weighted by Gasteiger charge is 2.28. The van der Waals surface area contributed by atoms with E-state index < -0.39 is 0 Å². The molecule has 1 aliphatic rings. The van der Waals surface area contributed by atoms with Crippen molar-refractivity contribution >= 4 is 34.4 Å². The van der Waals surface area contributed by atoms with Crippen molar-refractivity contribution < 1.29 is 0 Å². The van der Waals surface area contributed by atoms with Gasteiger partial charge in [0.1, 0.15) is 5.82 Å². The van der Waals surface area contributed by atoms with Crippen LogP contribution in [-0.4, -0.2) is 21.1 Å². The predicted molar refractivity (Wildman–Crippen MR) is 88.8 cm³/mol. The van der Waals surface area contributed by atoms with Crippen LogP contribution in [0.5, 0.6) is 0 Å². The van der Waals surface area contributed by atoms with E-state index in [4.69, 9.17) is 16.6 Å². The van der Waals surface area contributed by atoms with E-state index in [-0.39, 0.29) is 0 Å². The van der Waals surface area contributed by atoms with Gasteiger partial charge in [0.15, 0.2) is 0 Å². The third-order valence-corrected chi connectivity index (χ3v) is 5.73. The molecule has 1 saturated carbocycles. The summed E-state index contributed by atoms with van der Waals surface area (Å²) in [6.45, 7) is 2.12. The Bertz CT molecular complexity index is 608.